The Bertz CT molecular complexity index is 1050. The normalized spacial score (nSPS) is 20.2. The first-order chi connectivity index (χ1) is 17.4. The zero-order valence-electron chi connectivity index (χ0n) is 21.5. The molecule has 1 fully saturated rings. The molecule has 1 amide bonds. The minimum atomic E-state index is -4.54. The third kappa shape index (κ3) is 7.40. The zero-order chi connectivity index (χ0) is 27.3. The summed E-state index contributed by atoms with van der Waals surface area (Å²) in [6.07, 6.45) is 0.765. The Hall–Kier alpha value is -2.75. The lowest BCUT2D eigenvalue weighted by Gasteiger charge is -2.47. The number of hydrogen-bond acceptors (Lipinski definition) is 6. The third-order valence-corrected chi connectivity index (χ3v) is 6.69. The Labute approximate surface area is 220 Å². The van der Waals surface area contributed by atoms with Gasteiger partial charge in [0, 0.05) is 29.7 Å². The van der Waals surface area contributed by atoms with Gasteiger partial charge in [-0.25, -0.2) is 14.8 Å². The maximum absolute atomic E-state index is 13.5. The number of benzene rings is 1. The number of halogens is 4. The van der Waals surface area contributed by atoms with Crippen molar-refractivity contribution in [3.05, 3.63) is 46.7 Å². The molecule has 7 nitrogen and oxygen atoms in total. The summed E-state index contributed by atoms with van der Waals surface area (Å²) in [5, 5.41) is 9.70. The number of nitrogens with zero attached hydrogens (tertiary/aromatic N) is 4. The maximum Gasteiger partial charge on any atom is 0.416 e. The molecular formula is C26H34ClF3N4O3. The van der Waals surface area contributed by atoms with Crippen molar-refractivity contribution >= 4 is 23.6 Å². The van der Waals surface area contributed by atoms with Crippen LogP contribution in [0.3, 0.4) is 0 Å². The van der Waals surface area contributed by atoms with Crippen molar-refractivity contribution in [2.75, 3.05) is 4.90 Å². The van der Waals surface area contributed by atoms with E-state index in [-0.39, 0.29) is 53.6 Å². The van der Waals surface area contributed by atoms with Gasteiger partial charge in [-0.2, -0.15) is 13.2 Å². The van der Waals surface area contributed by atoms with Gasteiger partial charge in [0.15, 0.2) is 5.75 Å². The standard InChI is InChI=1S/C26H34ClF3N4O3/c1-5-7-21-12-22(11-20(6-2)34(21)25(36)37-16(3)4)33(24-31-13-23(35)14-32-24)15-17-8-18(26(28,29)30)10-19(27)9-17/h8-10,13-14,16,20-22,35H,5-7,11-12,15H2,1-4H3/t20-,21+,22+/m1/s1. The molecule has 3 rings (SSSR count). The Morgan fingerprint density at radius 3 is 2.41 bits per heavy atom. The predicted molar refractivity (Wildman–Crippen MR) is 136 cm³/mol. The van der Waals surface area contributed by atoms with Crippen molar-refractivity contribution in [2.24, 2.45) is 0 Å². The maximum atomic E-state index is 13.5. The second-order valence-corrected chi connectivity index (χ2v) is 10.1. The van der Waals surface area contributed by atoms with E-state index in [4.69, 9.17) is 16.3 Å². The van der Waals surface area contributed by atoms with Crippen LogP contribution in [0.4, 0.5) is 23.9 Å². The monoisotopic (exact) mass is 542 g/mol. The summed E-state index contributed by atoms with van der Waals surface area (Å²) in [7, 11) is 0. The molecule has 2 aromatic rings. The van der Waals surface area contributed by atoms with Crippen LogP contribution in [0.5, 0.6) is 5.75 Å². The Balaban J connectivity index is 2.00. The summed E-state index contributed by atoms with van der Waals surface area (Å²) in [5.74, 6) is 0.159. The topological polar surface area (TPSA) is 78.8 Å². The number of piperidine rings is 1. The first-order valence-electron chi connectivity index (χ1n) is 12.6. The molecule has 11 heteroatoms. The van der Waals surface area contributed by atoms with Crippen LogP contribution in [-0.4, -0.2) is 50.3 Å². The van der Waals surface area contributed by atoms with E-state index >= 15 is 0 Å². The van der Waals surface area contributed by atoms with Gasteiger partial charge < -0.3 is 19.6 Å². The third-order valence-electron chi connectivity index (χ3n) is 6.48. The molecule has 1 aromatic heterocycles. The lowest BCUT2D eigenvalue weighted by molar-refractivity contribution is -0.137. The van der Waals surface area contributed by atoms with E-state index in [1.807, 2.05) is 37.5 Å². The van der Waals surface area contributed by atoms with Crippen LogP contribution in [0, 0.1) is 0 Å². The summed E-state index contributed by atoms with van der Waals surface area (Å²) in [6, 6.07) is 3.05. The highest BCUT2D eigenvalue weighted by Crippen LogP contribution is 2.36. The molecule has 1 aromatic carbocycles. The van der Waals surface area contributed by atoms with Crippen LogP contribution in [0.2, 0.25) is 5.02 Å². The number of rotatable bonds is 8. The molecule has 37 heavy (non-hydrogen) atoms. The number of aromatic nitrogens is 2. The molecule has 1 aliphatic heterocycles. The van der Waals surface area contributed by atoms with Crippen molar-refractivity contribution in [1.82, 2.24) is 14.9 Å². The summed E-state index contributed by atoms with van der Waals surface area (Å²) in [6.45, 7) is 7.74. The minimum Gasteiger partial charge on any atom is -0.505 e. The van der Waals surface area contributed by atoms with Gasteiger partial charge in [-0.15, -0.1) is 0 Å². The van der Waals surface area contributed by atoms with Gasteiger partial charge in [0.25, 0.3) is 0 Å². The lowest BCUT2D eigenvalue weighted by atomic mass is 9.87. The number of carbonyl (C=O) groups excluding carboxylic acids is 1. The molecule has 0 unspecified atom stereocenters. The average molecular weight is 543 g/mol. The minimum absolute atomic E-state index is 0.0158. The Kier molecular flexibility index (Phi) is 9.50. The number of ether oxygens (including phenoxy) is 1. The fourth-order valence-corrected chi connectivity index (χ4v) is 5.20. The molecule has 0 aliphatic carbocycles. The molecule has 0 radical (unpaired) electrons. The van der Waals surface area contributed by atoms with Crippen LogP contribution in [0.15, 0.2) is 30.6 Å². The number of carbonyl (C=O) groups is 1. The van der Waals surface area contributed by atoms with Gasteiger partial charge in [0.05, 0.1) is 24.1 Å². The molecule has 1 aliphatic rings. The number of aromatic hydroxyl groups is 1. The molecule has 0 spiro atoms. The van der Waals surface area contributed by atoms with E-state index in [1.165, 1.54) is 18.5 Å². The highest BCUT2D eigenvalue weighted by molar-refractivity contribution is 6.30. The average Bonchev–Trinajstić information content (AvgIpc) is 2.81. The van der Waals surface area contributed by atoms with Gasteiger partial charge in [-0.05, 0) is 63.3 Å². The van der Waals surface area contributed by atoms with Crippen molar-refractivity contribution < 1.29 is 27.8 Å². The largest absolute Gasteiger partial charge is 0.505 e. The molecule has 0 bridgehead atoms. The summed E-state index contributed by atoms with van der Waals surface area (Å²) >= 11 is 6.06. The molecule has 1 N–H and O–H groups in total. The van der Waals surface area contributed by atoms with Crippen molar-refractivity contribution in [3.63, 3.8) is 0 Å². The number of alkyl halides is 3. The van der Waals surface area contributed by atoms with Crippen LogP contribution in [0.25, 0.3) is 0 Å². The summed E-state index contributed by atoms with van der Waals surface area (Å²) in [4.78, 5) is 25.2. The van der Waals surface area contributed by atoms with Crippen molar-refractivity contribution in [1.29, 1.82) is 0 Å². The van der Waals surface area contributed by atoms with Crippen molar-refractivity contribution in [2.45, 2.75) is 96.7 Å². The Morgan fingerprint density at radius 2 is 1.84 bits per heavy atom. The van der Waals surface area contributed by atoms with Crippen LogP contribution in [0.1, 0.15) is 70.9 Å². The first-order valence-corrected chi connectivity index (χ1v) is 12.9. The molecule has 3 atom stereocenters. The molecule has 2 heterocycles. The molecule has 204 valence electrons. The van der Waals surface area contributed by atoms with Gasteiger partial charge in [0.1, 0.15) is 0 Å². The SMILES string of the molecule is CCC[C@H]1C[C@@H](N(Cc2cc(Cl)cc(C(F)(F)F)c2)c2ncc(O)cn2)C[C@@H](CC)N1C(=O)OC(C)C. The van der Waals surface area contributed by atoms with Gasteiger partial charge in [0.2, 0.25) is 5.95 Å². The van der Waals surface area contributed by atoms with Crippen LogP contribution < -0.4 is 4.90 Å². The molecule has 0 saturated carbocycles. The highest BCUT2D eigenvalue weighted by Gasteiger charge is 2.41. The number of amides is 1. The highest BCUT2D eigenvalue weighted by atomic mass is 35.5. The van der Waals surface area contributed by atoms with E-state index in [9.17, 15) is 23.1 Å². The number of hydrogen-bond donors (Lipinski definition) is 1. The second-order valence-electron chi connectivity index (χ2n) is 9.68. The first kappa shape index (κ1) is 28.8. The fourth-order valence-electron chi connectivity index (χ4n) is 4.95. The van der Waals surface area contributed by atoms with E-state index in [1.54, 1.807) is 0 Å². The van der Waals surface area contributed by atoms with E-state index < -0.39 is 11.7 Å². The van der Waals surface area contributed by atoms with Gasteiger partial charge in [-0.1, -0.05) is 31.9 Å². The van der Waals surface area contributed by atoms with Gasteiger partial charge >= 0.3 is 12.3 Å². The number of anilines is 1. The quantitative estimate of drug-likeness (QED) is 0.394. The van der Waals surface area contributed by atoms with E-state index in [0.29, 0.717) is 24.8 Å². The van der Waals surface area contributed by atoms with Crippen molar-refractivity contribution in [3.8, 4) is 5.75 Å². The zero-order valence-corrected chi connectivity index (χ0v) is 22.3. The lowest BCUT2D eigenvalue weighted by Crippen LogP contribution is -2.57. The van der Waals surface area contributed by atoms with Crippen LogP contribution >= 0.6 is 11.6 Å². The Morgan fingerprint density at radius 1 is 1.19 bits per heavy atom. The predicted octanol–water partition coefficient (Wildman–Crippen LogP) is 6.82. The van der Waals surface area contributed by atoms with Crippen LogP contribution in [-0.2, 0) is 17.5 Å². The van der Waals surface area contributed by atoms with E-state index in [2.05, 4.69) is 9.97 Å². The smallest absolute Gasteiger partial charge is 0.416 e. The summed E-state index contributed by atoms with van der Waals surface area (Å²) < 4.78 is 46.0. The molecular weight excluding hydrogens is 509 g/mol. The number of likely N-dealkylation sites (tertiary alicyclic amines) is 1. The van der Waals surface area contributed by atoms with Gasteiger partial charge in [-0.3, -0.25) is 0 Å². The second kappa shape index (κ2) is 12.2. The molecule has 1 saturated heterocycles. The van der Waals surface area contributed by atoms with E-state index in [0.717, 1.165) is 25.0 Å². The summed E-state index contributed by atoms with van der Waals surface area (Å²) in [5.41, 5.74) is -0.471. The fraction of sp³-hybridized carbons (Fsp3) is 0.577.